The predicted octanol–water partition coefficient (Wildman–Crippen LogP) is 7.41. The van der Waals surface area contributed by atoms with Gasteiger partial charge in [-0.3, -0.25) is 4.79 Å². The first-order chi connectivity index (χ1) is 21.3. The van der Waals surface area contributed by atoms with Gasteiger partial charge in [0, 0.05) is 29.4 Å². The highest BCUT2D eigenvalue weighted by molar-refractivity contribution is 7.86. The Bertz CT molecular complexity index is 1600. The lowest BCUT2D eigenvalue weighted by Gasteiger charge is -2.23. The molecule has 0 saturated carbocycles. The second-order valence-electron chi connectivity index (χ2n) is 9.77. The quantitative estimate of drug-likeness (QED) is 0.154. The minimum absolute atomic E-state index is 0.104. The molecule has 0 bridgehead atoms. The third-order valence-corrected chi connectivity index (χ3v) is 8.13. The molecule has 0 heterocycles. The molecule has 1 atom stereocenters. The van der Waals surface area contributed by atoms with Crippen LogP contribution in [0.5, 0.6) is 5.75 Å². The van der Waals surface area contributed by atoms with E-state index in [1.165, 1.54) is 0 Å². The summed E-state index contributed by atoms with van der Waals surface area (Å²) in [6.07, 6.45) is -0.360. The van der Waals surface area contributed by atoms with Gasteiger partial charge in [-0.1, -0.05) is 54.1 Å². The van der Waals surface area contributed by atoms with Gasteiger partial charge in [-0.2, -0.15) is 0 Å². The van der Waals surface area contributed by atoms with Crippen LogP contribution < -0.4 is 9.46 Å². The van der Waals surface area contributed by atoms with Crippen molar-refractivity contribution in [1.82, 2.24) is 4.90 Å². The van der Waals surface area contributed by atoms with Gasteiger partial charge >= 0.3 is 12.1 Å². The first-order valence-electron chi connectivity index (χ1n) is 14.2. The van der Waals surface area contributed by atoms with E-state index in [1.54, 1.807) is 49.3 Å². The van der Waals surface area contributed by atoms with E-state index in [0.717, 1.165) is 27.8 Å². The molecule has 0 saturated heterocycles. The molecule has 4 rings (SSSR count). The van der Waals surface area contributed by atoms with E-state index in [2.05, 4.69) is 4.72 Å². The highest BCUT2D eigenvalue weighted by Crippen LogP contribution is 2.36. The zero-order chi connectivity index (χ0) is 31.5. The molecule has 44 heavy (non-hydrogen) atoms. The maximum absolute atomic E-state index is 13.2. The van der Waals surface area contributed by atoms with Crippen molar-refractivity contribution in [3.8, 4) is 16.9 Å². The third kappa shape index (κ3) is 8.84. The Morgan fingerprint density at radius 2 is 1.61 bits per heavy atom. The van der Waals surface area contributed by atoms with Crippen molar-refractivity contribution in [3.63, 3.8) is 0 Å². The van der Waals surface area contributed by atoms with Crippen LogP contribution in [0.15, 0.2) is 95.9 Å². The van der Waals surface area contributed by atoms with Crippen molar-refractivity contribution in [3.05, 3.63) is 113 Å². The lowest BCUT2D eigenvalue weighted by molar-refractivity contribution is -0.142. The van der Waals surface area contributed by atoms with E-state index in [9.17, 15) is 13.8 Å². The number of rotatable bonds is 13. The zero-order valence-corrected chi connectivity index (χ0v) is 26.5. The molecule has 0 fully saturated rings. The molecule has 10 heteroatoms. The first-order valence-corrected chi connectivity index (χ1v) is 15.7. The zero-order valence-electron chi connectivity index (χ0n) is 24.9. The third-order valence-electron chi connectivity index (χ3n) is 6.76. The van der Waals surface area contributed by atoms with Crippen molar-refractivity contribution in [2.24, 2.45) is 0 Å². The molecule has 1 amide bonds. The number of ether oxygens (including phenoxy) is 3. The topological polar surface area (TPSA) is 94.2 Å². The highest BCUT2D eigenvalue weighted by atomic mass is 35.5. The van der Waals surface area contributed by atoms with Gasteiger partial charge in [0.1, 0.15) is 23.3 Å². The number of amides is 1. The molecule has 1 N–H and O–H groups in total. The molecule has 0 aliphatic carbocycles. The van der Waals surface area contributed by atoms with Gasteiger partial charge < -0.3 is 23.8 Å². The van der Waals surface area contributed by atoms with Crippen LogP contribution in [0, 0.1) is 0 Å². The molecule has 4 aromatic rings. The molecular weight excluding hydrogens is 600 g/mol. The number of esters is 1. The van der Waals surface area contributed by atoms with Crippen molar-refractivity contribution in [1.29, 1.82) is 0 Å². The summed E-state index contributed by atoms with van der Waals surface area (Å²) >= 11 is 6.00. The number of methoxy groups -OCH3 is 1. The number of nitrogens with zero attached hydrogens (tertiary/aromatic N) is 1. The van der Waals surface area contributed by atoms with E-state index in [-0.39, 0.29) is 25.5 Å². The summed E-state index contributed by atoms with van der Waals surface area (Å²) in [5, 5.41) is 0.551. The number of carbonyl (C=O) groups is 2. The maximum Gasteiger partial charge on any atom is 0.410 e. The summed E-state index contributed by atoms with van der Waals surface area (Å²) in [4.78, 5) is 27.6. The number of carbonyl (C=O) groups excluding carboxylic acids is 2. The minimum Gasteiger partial charge on any atom is -0.496 e. The molecular formula is C34H35ClN2O6S. The van der Waals surface area contributed by atoms with Gasteiger partial charge in [0.25, 0.3) is 0 Å². The van der Waals surface area contributed by atoms with Gasteiger partial charge in [0.05, 0.1) is 25.0 Å². The fourth-order valence-electron chi connectivity index (χ4n) is 4.55. The molecule has 230 valence electrons. The average molecular weight is 635 g/mol. The van der Waals surface area contributed by atoms with E-state index in [0.29, 0.717) is 34.5 Å². The van der Waals surface area contributed by atoms with Gasteiger partial charge in [-0.05, 0) is 84.6 Å². The van der Waals surface area contributed by atoms with Crippen LogP contribution in [0.3, 0.4) is 0 Å². The summed E-state index contributed by atoms with van der Waals surface area (Å²) < 4.78 is 32.6. The van der Waals surface area contributed by atoms with Crippen LogP contribution in [-0.4, -0.2) is 41.4 Å². The average Bonchev–Trinajstić information content (AvgIpc) is 3.03. The van der Waals surface area contributed by atoms with E-state index in [4.69, 9.17) is 25.8 Å². The molecule has 0 aliphatic rings. The van der Waals surface area contributed by atoms with Crippen LogP contribution in [0.25, 0.3) is 11.1 Å². The van der Waals surface area contributed by atoms with Gasteiger partial charge in [0.15, 0.2) is 0 Å². The van der Waals surface area contributed by atoms with Gasteiger partial charge in [-0.15, -0.1) is 0 Å². The van der Waals surface area contributed by atoms with Crippen molar-refractivity contribution in [2.75, 3.05) is 25.0 Å². The van der Waals surface area contributed by atoms with Gasteiger partial charge in [-0.25, -0.2) is 9.00 Å². The second kappa shape index (κ2) is 15.9. The number of nitrogens with one attached hydrogen (secondary N) is 1. The molecule has 0 spiro atoms. The van der Waals surface area contributed by atoms with Crippen molar-refractivity contribution >= 4 is 40.3 Å². The summed E-state index contributed by atoms with van der Waals surface area (Å²) in [7, 11) is 0.0194. The maximum atomic E-state index is 13.2. The predicted molar refractivity (Wildman–Crippen MR) is 173 cm³/mol. The van der Waals surface area contributed by atoms with Crippen LogP contribution in [0.1, 0.15) is 30.5 Å². The highest BCUT2D eigenvalue weighted by Gasteiger charge is 2.20. The summed E-state index contributed by atoms with van der Waals surface area (Å²) in [6, 6.07) is 27.3. The lowest BCUT2D eigenvalue weighted by atomic mass is 9.95. The van der Waals surface area contributed by atoms with Crippen molar-refractivity contribution in [2.45, 2.75) is 38.3 Å². The SMILES string of the molecule is CCOC(=O)Cc1ccc(OC)c(-c2ccc(NS(=O)c3ccc(Cl)cc3)cc2CN(CC)C(=O)OCc2ccccc2)c1. The first kappa shape index (κ1) is 32.6. The van der Waals surface area contributed by atoms with Crippen molar-refractivity contribution < 1.29 is 28.0 Å². The number of benzene rings is 4. The van der Waals surface area contributed by atoms with Crippen LogP contribution in [0.4, 0.5) is 10.5 Å². The standard InChI is InChI=1S/C34H35ClN2O6S/c1-4-37(34(39)43-23-24-9-7-6-8-10-24)22-26-21-28(36-44(40)29-15-12-27(35)13-16-29)14-17-30(26)31-19-25(11-18-32(31)41-3)20-33(38)42-5-2/h6-19,21,36H,4-5,20,22-23H2,1-3H3. The Labute approximate surface area is 265 Å². The number of hydrogen-bond donors (Lipinski definition) is 1. The Kier molecular flexibility index (Phi) is 11.8. The normalized spacial score (nSPS) is 11.4. The molecule has 0 aliphatic heterocycles. The number of anilines is 1. The number of halogens is 1. The largest absolute Gasteiger partial charge is 0.496 e. The van der Waals surface area contributed by atoms with E-state index in [1.807, 2.05) is 67.6 Å². The summed E-state index contributed by atoms with van der Waals surface area (Å²) in [6.45, 7) is 4.68. The fourth-order valence-corrected chi connectivity index (χ4v) is 5.52. The molecule has 4 aromatic carbocycles. The minimum atomic E-state index is -1.56. The number of hydrogen-bond acceptors (Lipinski definition) is 6. The smallest absolute Gasteiger partial charge is 0.410 e. The molecule has 8 nitrogen and oxygen atoms in total. The molecule has 1 unspecified atom stereocenters. The van der Waals surface area contributed by atoms with E-state index < -0.39 is 17.1 Å². The van der Waals surface area contributed by atoms with E-state index >= 15 is 0 Å². The van der Waals surface area contributed by atoms with Crippen LogP contribution in [0.2, 0.25) is 5.02 Å². The Morgan fingerprint density at radius 3 is 2.30 bits per heavy atom. The van der Waals surface area contributed by atoms with Crippen LogP contribution in [-0.2, 0) is 44.8 Å². The lowest BCUT2D eigenvalue weighted by Crippen LogP contribution is -2.31. The van der Waals surface area contributed by atoms with Gasteiger partial charge in [0.2, 0.25) is 0 Å². The molecule has 0 aromatic heterocycles. The Hall–Kier alpha value is -4.34. The summed E-state index contributed by atoms with van der Waals surface area (Å²) in [5.41, 5.74) is 4.51. The summed E-state index contributed by atoms with van der Waals surface area (Å²) in [5.74, 6) is 0.269. The Balaban J connectivity index is 1.68. The molecule has 0 radical (unpaired) electrons. The fraction of sp³-hybridized carbons (Fsp3) is 0.235. The van der Waals surface area contributed by atoms with Crippen LogP contribution >= 0.6 is 11.6 Å². The second-order valence-corrected chi connectivity index (χ2v) is 11.4. The Morgan fingerprint density at radius 1 is 0.864 bits per heavy atom. The monoisotopic (exact) mass is 634 g/mol.